The highest BCUT2D eigenvalue weighted by Gasteiger charge is 2.26. The maximum atomic E-state index is 10.3. The second kappa shape index (κ2) is 4.51. The molecule has 0 radical (unpaired) electrons. The van der Waals surface area contributed by atoms with E-state index in [1.807, 2.05) is 30.3 Å². The summed E-state index contributed by atoms with van der Waals surface area (Å²) in [7, 11) is 0. The first kappa shape index (κ1) is 10.8. The lowest BCUT2D eigenvalue weighted by Crippen LogP contribution is -2.21. The number of furan rings is 1. The molecular formula is C14H16O3. The standard InChI is InChI=1S/C14H16O3/c15-14(10-5-7-16-8-6-10)13-9-11-3-1-2-4-12(11)17-13/h1-4,9-10,14-15H,5-8H2. The van der Waals surface area contributed by atoms with Crippen LogP contribution in [0.3, 0.4) is 0 Å². The summed E-state index contributed by atoms with van der Waals surface area (Å²) >= 11 is 0. The molecule has 3 heteroatoms. The monoisotopic (exact) mass is 232 g/mol. The minimum Gasteiger partial charge on any atom is -0.458 e. The van der Waals surface area contributed by atoms with Crippen molar-refractivity contribution in [2.24, 2.45) is 5.92 Å². The van der Waals surface area contributed by atoms with Gasteiger partial charge in [0.05, 0.1) is 0 Å². The second-order valence-corrected chi connectivity index (χ2v) is 4.58. The fourth-order valence-electron chi connectivity index (χ4n) is 2.41. The van der Waals surface area contributed by atoms with Crippen molar-refractivity contribution in [3.8, 4) is 0 Å². The molecule has 1 unspecified atom stereocenters. The van der Waals surface area contributed by atoms with Gasteiger partial charge in [-0.05, 0) is 30.9 Å². The zero-order valence-electron chi connectivity index (χ0n) is 9.63. The average molecular weight is 232 g/mol. The predicted octanol–water partition coefficient (Wildman–Crippen LogP) is 2.89. The molecule has 3 nitrogen and oxygen atoms in total. The van der Waals surface area contributed by atoms with Gasteiger partial charge in [-0.25, -0.2) is 0 Å². The van der Waals surface area contributed by atoms with Crippen LogP contribution in [0, 0.1) is 5.92 Å². The SMILES string of the molecule is OC(c1cc2ccccc2o1)C1CCOCC1. The van der Waals surface area contributed by atoms with Crippen LogP contribution in [0.25, 0.3) is 11.0 Å². The number of para-hydroxylation sites is 1. The fourth-order valence-corrected chi connectivity index (χ4v) is 2.41. The molecule has 1 aromatic heterocycles. The van der Waals surface area contributed by atoms with Crippen LogP contribution in [-0.2, 0) is 4.74 Å². The smallest absolute Gasteiger partial charge is 0.134 e. The first-order chi connectivity index (χ1) is 8.34. The Morgan fingerprint density at radius 3 is 2.71 bits per heavy atom. The van der Waals surface area contributed by atoms with E-state index >= 15 is 0 Å². The van der Waals surface area contributed by atoms with Crippen molar-refractivity contribution in [1.82, 2.24) is 0 Å². The van der Waals surface area contributed by atoms with Gasteiger partial charge < -0.3 is 14.3 Å². The van der Waals surface area contributed by atoms with E-state index < -0.39 is 6.10 Å². The molecule has 1 saturated heterocycles. The Labute approximate surface area is 100.0 Å². The largest absolute Gasteiger partial charge is 0.458 e. The molecule has 0 spiro atoms. The van der Waals surface area contributed by atoms with Crippen molar-refractivity contribution in [1.29, 1.82) is 0 Å². The number of benzene rings is 1. The third-order valence-electron chi connectivity index (χ3n) is 3.45. The molecule has 1 atom stereocenters. The summed E-state index contributed by atoms with van der Waals surface area (Å²) in [6.07, 6.45) is 1.29. The number of ether oxygens (including phenoxy) is 1. The van der Waals surface area contributed by atoms with E-state index in [1.54, 1.807) is 0 Å². The van der Waals surface area contributed by atoms with E-state index in [-0.39, 0.29) is 5.92 Å². The number of rotatable bonds is 2. The van der Waals surface area contributed by atoms with E-state index in [9.17, 15) is 5.11 Å². The molecule has 1 aliphatic heterocycles. The molecule has 0 aliphatic carbocycles. The fraction of sp³-hybridized carbons (Fsp3) is 0.429. The van der Waals surface area contributed by atoms with Gasteiger partial charge in [-0.1, -0.05) is 18.2 Å². The van der Waals surface area contributed by atoms with E-state index in [1.165, 1.54) is 0 Å². The Morgan fingerprint density at radius 2 is 1.94 bits per heavy atom. The molecule has 0 bridgehead atoms. The Hall–Kier alpha value is -1.32. The first-order valence-corrected chi connectivity index (χ1v) is 6.09. The second-order valence-electron chi connectivity index (χ2n) is 4.58. The topological polar surface area (TPSA) is 42.6 Å². The number of aliphatic hydroxyl groups excluding tert-OH is 1. The molecule has 1 fully saturated rings. The van der Waals surface area contributed by atoms with Crippen molar-refractivity contribution in [2.45, 2.75) is 18.9 Å². The number of hydrogen-bond donors (Lipinski definition) is 1. The maximum Gasteiger partial charge on any atom is 0.134 e. The lowest BCUT2D eigenvalue weighted by atomic mass is 9.92. The molecule has 2 heterocycles. The molecule has 3 rings (SSSR count). The molecule has 2 aromatic rings. The summed E-state index contributed by atoms with van der Waals surface area (Å²) in [6.45, 7) is 1.48. The summed E-state index contributed by atoms with van der Waals surface area (Å²) in [4.78, 5) is 0. The zero-order chi connectivity index (χ0) is 11.7. The Bertz CT molecular complexity index is 464. The van der Waals surface area contributed by atoms with Crippen LogP contribution in [-0.4, -0.2) is 18.3 Å². The van der Waals surface area contributed by atoms with Gasteiger partial charge in [0, 0.05) is 18.6 Å². The van der Waals surface area contributed by atoms with Gasteiger partial charge in [-0.15, -0.1) is 0 Å². The van der Waals surface area contributed by atoms with Crippen LogP contribution >= 0.6 is 0 Å². The number of fused-ring (bicyclic) bond motifs is 1. The van der Waals surface area contributed by atoms with Crippen molar-refractivity contribution in [3.63, 3.8) is 0 Å². The third-order valence-corrected chi connectivity index (χ3v) is 3.45. The van der Waals surface area contributed by atoms with Crippen LogP contribution in [0.4, 0.5) is 0 Å². The minimum absolute atomic E-state index is 0.254. The van der Waals surface area contributed by atoms with E-state index in [0.717, 1.165) is 37.0 Å². The molecule has 17 heavy (non-hydrogen) atoms. The van der Waals surface area contributed by atoms with E-state index in [4.69, 9.17) is 9.15 Å². The van der Waals surface area contributed by atoms with Crippen LogP contribution in [0.2, 0.25) is 0 Å². The number of hydrogen-bond acceptors (Lipinski definition) is 3. The van der Waals surface area contributed by atoms with Gasteiger partial charge in [0.25, 0.3) is 0 Å². The van der Waals surface area contributed by atoms with Gasteiger partial charge in [0.1, 0.15) is 17.4 Å². The molecule has 1 N–H and O–H groups in total. The van der Waals surface area contributed by atoms with Crippen molar-refractivity contribution < 1.29 is 14.3 Å². The maximum absolute atomic E-state index is 10.3. The van der Waals surface area contributed by atoms with Crippen molar-refractivity contribution in [2.75, 3.05) is 13.2 Å². The van der Waals surface area contributed by atoms with E-state index in [2.05, 4.69) is 0 Å². The summed E-state index contributed by atoms with van der Waals surface area (Å²) in [5, 5.41) is 11.3. The highest BCUT2D eigenvalue weighted by atomic mass is 16.5. The van der Waals surface area contributed by atoms with Gasteiger partial charge in [-0.2, -0.15) is 0 Å². The van der Waals surface area contributed by atoms with Crippen molar-refractivity contribution >= 4 is 11.0 Å². The zero-order valence-corrected chi connectivity index (χ0v) is 9.63. The molecule has 0 amide bonds. The highest BCUT2D eigenvalue weighted by Crippen LogP contribution is 2.32. The van der Waals surface area contributed by atoms with Gasteiger partial charge in [0.2, 0.25) is 0 Å². The van der Waals surface area contributed by atoms with Gasteiger partial charge in [0.15, 0.2) is 0 Å². The van der Waals surface area contributed by atoms with Crippen LogP contribution in [0.5, 0.6) is 0 Å². The Kier molecular flexibility index (Phi) is 2.87. The molecule has 0 saturated carbocycles. The molecule has 1 aromatic carbocycles. The summed E-state index contributed by atoms with van der Waals surface area (Å²) < 4.78 is 11.0. The average Bonchev–Trinajstić information content (AvgIpc) is 2.82. The van der Waals surface area contributed by atoms with Crippen molar-refractivity contribution in [3.05, 3.63) is 36.1 Å². The lowest BCUT2D eigenvalue weighted by Gasteiger charge is -2.25. The molecule has 90 valence electrons. The minimum atomic E-state index is -0.508. The van der Waals surface area contributed by atoms with Gasteiger partial charge >= 0.3 is 0 Å². The quantitative estimate of drug-likeness (QED) is 0.865. The number of aliphatic hydroxyl groups is 1. The van der Waals surface area contributed by atoms with Crippen LogP contribution in [0.15, 0.2) is 34.7 Å². The summed E-state index contributed by atoms with van der Waals surface area (Å²) in [5.41, 5.74) is 0.841. The first-order valence-electron chi connectivity index (χ1n) is 6.09. The Morgan fingerprint density at radius 1 is 1.18 bits per heavy atom. The molecule has 1 aliphatic rings. The third kappa shape index (κ3) is 2.08. The normalized spacial score (nSPS) is 19.6. The highest BCUT2D eigenvalue weighted by molar-refractivity contribution is 5.77. The van der Waals surface area contributed by atoms with Crippen LogP contribution in [0.1, 0.15) is 24.7 Å². The summed E-state index contributed by atoms with van der Waals surface area (Å²) in [5.74, 6) is 0.933. The van der Waals surface area contributed by atoms with Crippen LogP contribution < -0.4 is 0 Å². The summed E-state index contributed by atoms with van der Waals surface area (Å²) in [6, 6.07) is 9.78. The lowest BCUT2D eigenvalue weighted by molar-refractivity contribution is -0.000485. The van der Waals surface area contributed by atoms with Gasteiger partial charge in [-0.3, -0.25) is 0 Å². The van der Waals surface area contributed by atoms with E-state index in [0.29, 0.717) is 5.76 Å². The Balaban J connectivity index is 1.86. The molecular weight excluding hydrogens is 216 g/mol. The predicted molar refractivity (Wildman–Crippen MR) is 64.7 cm³/mol.